The van der Waals surface area contributed by atoms with Gasteiger partial charge in [-0.15, -0.1) is 0 Å². The van der Waals surface area contributed by atoms with Crippen molar-refractivity contribution in [2.75, 3.05) is 26.2 Å². The summed E-state index contributed by atoms with van der Waals surface area (Å²) in [6, 6.07) is 3.68. The third-order valence-electron chi connectivity index (χ3n) is 6.38. The highest BCUT2D eigenvalue weighted by molar-refractivity contribution is 6.10. The summed E-state index contributed by atoms with van der Waals surface area (Å²) in [5, 5.41) is 73.3. The average Bonchev–Trinajstić information content (AvgIpc) is 2.86. The molecule has 0 aliphatic rings. The van der Waals surface area contributed by atoms with Crippen LogP contribution in [0.1, 0.15) is 43.6 Å². The van der Waals surface area contributed by atoms with Crippen molar-refractivity contribution in [3.8, 4) is 17.2 Å². The Morgan fingerprint density at radius 3 is 1.98 bits per heavy atom. The number of carbonyl (C=O) groups excluding carboxylic acids is 1. The highest BCUT2D eigenvalue weighted by atomic mass is 16.3. The molecular formula is C26H36N6O8. The van der Waals surface area contributed by atoms with Gasteiger partial charge < -0.3 is 41.1 Å². The van der Waals surface area contributed by atoms with Crippen LogP contribution < -0.4 is 5.32 Å². The molecule has 0 aliphatic carbocycles. The molecule has 0 fully saturated rings. The molecule has 3 aromatic rings. The third kappa shape index (κ3) is 6.91. The van der Waals surface area contributed by atoms with Gasteiger partial charge in [-0.05, 0) is 39.8 Å². The van der Waals surface area contributed by atoms with Gasteiger partial charge in [-0.2, -0.15) is 0 Å². The zero-order valence-electron chi connectivity index (χ0n) is 22.7. The summed E-state index contributed by atoms with van der Waals surface area (Å²) in [5.74, 6) is -1.60. The van der Waals surface area contributed by atoms with Crippen molar-refractivity contribution < 1.29 is 40.5 Å². The number of aromatic hydroxyl groups is 3. The van der Waals surface area contributed by atoms with Gasteiger partial charge in [-0.1, -0.05) is 0 Å². The van der Waals surface area contributed by atoms with E-state index in [4.69, 9.17) is 0 Å². The Balaban J connectivity index is 1.96. The Kier molecular flexibility index (Phi) is 10.1. The molecule has 1 heterocycles. The van der Waals surface area contributed by atoms with E-state index in [2.05, 4.69) is 20.3 Å². The molecule has 14 heteroatoms. The van der Waals surface area contributed by atoms with Gasteiger partial charge in [0.15, 0.2) is 0 Å². The number of amides is 1. The lowest BCUT2D eigenvalue weighted by molar-refractivity contribution is -0.0828. The van der Waals surface area contributed by atoms with Gasteiger partial charge in [-0.3, -0.25) is 19.6 Å². The maximum absolute atomic E-state index is 13.0. The van der Waals surface area contributed by atoms with Gasteiger partial charge >= 0.3 is 0 Å². The molecule has 2 aromatic carbocycles. The van der Waals surface area contributed by atoms with E-state index in [1.54, 1.807) is 0 Å². The zero-order chi connectivity index (χ0) is 29.7. The number of aliphatic imine (C=N–C) groups is 1. The molecule has 40 heavy (non-hydrogen) atoms. The van der Waals surface area contributed by atoms with Crippen LogP contribution in [0.15, 0.2) is 23.2 Å². The highest BCUT2D eigenvalue weighted by Gasteiger charge is 2.21. The van der Waals surface area contributed by atoms with E-state index in [9.17, 15) is 40.5 Å². The number of nitrogens with zero attached hydrogens (tertiary/aromatic N) is 5. The molecule has 1 amide bonds. The molecule has 14 nitrogen and oxygen atoms in total. The molecule has 4 atom stereocenters. The molecule has 0 bridgehead atoms. The van der Waals surface area contributed by atoms with Crippen LogP contribution in [0.3, 0.4) is 0 Å². The van der Waals surface area contributed by atoms with Crippen molar-refractivity contribution in [2.24, 2.45) is 4.99 Å². The number of rotatable bonds is 12. The second kappa shape index (κ2) is 13.1. The predicted octanol–water partition coefficient (Wildman–Crippen LogP) is 0.00570. The summed E-state index contributed by atoms with van der Waals surface area (Å²) >= 11 is 0. The molecule has 0 radical (unpaired) electrons. The fourth-order valence-electron chi connectivity index (χ4n) is 4.29. The maximum Gasteiger partial charge on any atom is 0.253 e. The number of hydrogen-bond acceptors (Lipinski definition) is 13. The van der Waals surface area contributed by atoms with E-state index in [0.29, 0.717) is 0 Å². The molecular weight excluding hydrogens is 524 g/mol. The number of phenols is 3. The summed E-state index contributed by atoms with van der Waals surface area (Å²) in [5.41, 5.74) is 0.0878. The lowest BCUT2D eigenvalue weighted by Crippen LogP contribution is -2.44. The number of phenolic OH excluding ortho intramolecular Hbond substituents is 3. The van der Waals surface area contributed by atoms with Crippen LogP contribution in [0.25, 0.3) is 22.1 Å². The summed E-state index contributed by atoms with van der Waals surface area (Å²) in [4.78, 5) is 28.8. The van der Waals surface area contributed by atoms with Gasteiger partial charge in [0.1, 0.15) is 64.2 Å². The molecule has 0 spiro atoms. The van der Waals surface area contributed by atoms with Crippen LogP contribution in [-0.4, -0.2) is 119 Å². The minimum atomic E-state index is -0.934. The fraction of sp³-hybridized carbons (Fsp3) is 0.462. The first-order valence-corrected chi connectivity index (χ1v) is 12.7. The SMILES string of the molecule is CC(O)N(CC/N=C/c1c(O)cc(O)c2nc3c(C(=O)NCCN(C(C)O)C(C)O)ccc(O)c3nc12)C(C)O. The van der Waals surface area contributed by atoms with E-state index in [1.165, 1.54) is 55.8 Å². The van der Waals surface area contributed by atoms with Gasteiger partial charge in [0.25, 0.3) is 5.91 Å². The van der Waals surface area contributed by atoms with E-state index in [-0.39, 0.29) is 70.9 Å². The molecule has 218 valence electrons. The summed E-state index contributed by atoms with van der Waals surface area (Å²) in [7, 11) is 0. The standard InChI is InChI=1S/C26H36N6O8/c1-13(33)31(14(2)34)9-7-27-12-18-20(38)11-21(39)25-23(18)30-24-19(37)6-5-17(22(24)29-25)26(40)28-8-10-32(15(3)35)16(4)36/h5-6,11-16,33-39H,7-10H2,1-4H3,(H,28,40)/b27-12+. The lowest BCUT2D eigenvalue weighted by atomic mass is 10.1. The van der Waals surface area contributed by atoms with E-state index < -0.39 is 36.6 Å². The van der Waals surface area contributed by atoms with E-state index in [1.807, 2.05) is 0 Å². The monoisotopic (exact) mass is 560 g/mol. The van der Waals surface area contributed by atoms with Crippen molar-refractivity contribution in [3.05, 3.63) is 29.3 Å². The van der Waals surface area contributed by atoms with Crippen molar-refractivity contribution in [1.29, 1.82) is 0 Å². The second-order valence-corrected chi connectivity index (χ2v) is 9.37. The number of aliphatic hydroxyl groups is 4. The minimum Gasteiger partial charge on any atom is -0.507 e. The fourth-order valence-corrected chi connectivity index (χ4v) is 4.29. The van der Waals surface area contributed by atoms with Crippen LogP contribution in [-0.2, 0) is 0 Å². The normalized spacial score (nSPS) is 15.2. The van der Waals surface area contributed by atoms with E-state index >= 15 is 0 Å². The third-order valence-corrected chi connectivity index (χ3v) is 6.38. The number of fused-ring (bicyclic) bond motifs is 2. The molecule has 1 aromatic heterocycles. The number of carbonyl (C=O) groups is 1. The van der Waals surface area contributed by atoms with Crippen molar-refractivity contribution in [2.45, 2.75) is 52.6 Å². The highest BCUT2D eigenvalue weighted by Crippen LogP contribution is 2.35. The molecule has 3 rings (SSSR count). The minimum absolute atomic E-state index is 0.00120. The Hall–Kier alpha value is -3.66. The van der Waals surface area contributed by atoms with Crippen LogP contribution in [0.4, 0.5) is 0 Å². The first kappa shape index (κ1) is 30.9. The van der Waals surface area contributed by atoms with Gasteiger partial charge in [0, 0.05) is 31.9 Å². The molecule has 0 saturated heterocycles. The number of aliphatic hydroxyl groups excluding tert-OH is 4. The van der Waals surface area contributed by atoms with Gasteiger partial charge in [0.2, 0.25) is 0 Å². The average molecular weight is 561 g/mol. The molecule has 0 aliphatic heterocycles. The largest absolute Gasteiger partial charge is 0.507 e. The van der Waals surface area contributed by atoms with Gasteiger partial charge in [-0.25, -0.2) is 9.97 Å². The Morgan fingerprint density at radius 1 is 0.825 bits per heavy atom. The zero-order valence-corrected chi connectivity index (χ0v) is 22.7. The predicted molar refractivity (Wildman–Crippen MR) is 147 cm³/mol. The molecule has 0 saturated carbocycles. The Morgan fingerprint density at radius 2 is 1.38 bits per heavy atom. The quantitative estimate of drug-likeness (QED) is 0.0835. The number of hydrogen-bond donors (Lipinski definition) is 8. The first-order valence-electron chi connectivity index (χ1n) is 12.7. The van der Waals surface area contributed by atoms with E-state index in [0.717, 1.165) is 6.07 Å². The Bertz CT molecular complexity index is 1360. The van der Waals surface area contributed by atoms with Crippen LogP contribution in [0.5, 0.6) is 17.2 Å². The smallest absolute Gasteiger partial charge is 0.253 e. The van der Waals surface area contributed by atoms with Crippen LogP contribution in [0.2, 0.25) is 0 Å². The summed E-state index contributed by atoms with van der Waals surface area (Å²) in [6.45, 7) is 6.60. The summed E-state index contributed by atoms with van der Waals surface area (Å²) < 4.78 is 0. The maximum atomic E-state index is 13.0. The van der Waals surface area contributed by atoms with Crippen LogP contribution >= 0.6 is 0 Å². The van der Waals surface area contributed by atoms with Crippen LogP contribution in [0, 0.1) is 0 Å². The number of benzene rings is 2. The Labute approximate surface area is 230 Å². The van der Waals surface area contributed by atoms with Crippen molar-refractivity contribution in [3.63, 3.8) is 0 Å². The topological polar surface area (TPSA) is 215 Å². The van der Waals surface area contributed by atoms with Gasteiger partial charge in [0.05, 0.1) is 17.7 Å². The molecule has 4 unspecified atom stereocenters. The second-order valence-electron chi connectivity index (χ2n) is 9.37. The molecule has 8 N–H and O–H groups in total. The number of nitrogens with one attached hydrogen (secondary N) is 1. The number of aromatic nitrogens is 2. The summed E-state index contributed by atoms with van der Waals surface area (Å²) in [6.07, 6.45) is -2.36. The van der Waals surface area contributed by atoms with Crippen molar-refractivity contribution in [1.82, 2.24) is 25.1 Å². The lowest BCUT2D eigenvalue weighted by Gasteiger charge is -2.27. The van der Waals surface area contributed by atoms with Crippen molar-refractivity contribution >= 4 is 34.2 Å². The first-order chi connectivity index (χ1) is 18.8.